The number of carbonyl (C=O) groups is 3. The molecule has 0 saturated carbocycles. The normalized spacial score (nSPS) is 13.7. The number of aliphatic carboxylic acids is 2. The second-order valence-corrected chi connectivity index (χ2v) is 6.34. The largest absolute Gasteiger partial charge is 0.473 e. The Morgan fingerprint density at radius 1 is 1.00 bits per heavy atom. The van der Waals surface area contributed by atoms with E-state index in [9.17, 15) is 14.9 Å². The number of piperazine rings is 1. The summed E-state index contributed by atoms with van der Waals surface area (Å²) in [6.07, 6.45) is 3.61. The summed E-state index contributed by atoms with van der Waals surface area (Å²) in [6, 6.07) is 9.73. The Balaban J connectivity index is 0.000000469. The van der Waals surface area contributed by atoms with Crippen LogP contribution < -0.4 is 0 Å². The van der Waals surface area contributed by atoms with Gasteiger partial charge in [-0.25, -0.2) is 9.59 Å². The number of aromatic nitrogens is 1. The van der Waals surface area contributed by atoms with Crippen LogP contribution in [0.25, 0.3) is 0 Å². The molecule has 11 nitrogen and oxygen atoms in total. The van der Waals surface area contributed by atoms with Gasteiger partial charge in [0, 0.05) is 62.8 Å². The van der Waals surface area contributed by atoms with Crippen molar-refractivity contribution in [2.75, 3.05) is 26.2 Å². The standard InChI is InChI=1S/C17H18N4O3.C2H2O4/c22-17(15-3-5-16(6-4-15)21(23)24)20-10-8-19(9-11-20)13-14-2-1-7-18-12-14;3-1(4)2(5)6/h1-7,12H,8-11,13H2;(H,3,4)(H,5,6). The molecule has 2 N–H and O–H groups in total. The van der Waals surface area contributed by atoms with Gasteiger partial charge in [-0.2, -0.15) is 0 Å². The van der Waals surface area contributed by atoms with Crippen LogP contribution in [0.4, 0.5) is 5.69 Å². The molecule has 1 aliphatic rings. The van der Waals surface area contributed by atoms with Crippen LogP contribution in [0.5, 0.6) is 0 Å². The lowest BCUT2D eigenvalue weighted by atomic mass is 10.1. The minimum absolute atomic E-state index is 0.00663. The Morgan fingerprint density at radius 3 is 2.07 bits per heavy atom. The first-order valence-electron chi connectivity index (χ1n) is 8.89. The summed E-state index contributed by atoms with van der Waals surface area (Å²) in [4.78, 5) is 49.1. The van der Waals surface area contributed by atoms with Crippen LogP contribution in [-0.4, -0.2) is 73.9 Å². The minimum atomic E-state index is -1.82. The van der Waals surface area contributed by atoms with Crippen LogP contribution >= 0.6 is 0 Å². The number of carboxylic acids is 2. The highest BCUT2D eigenvalue weighted by Crippen LogP contribution is 2.15. The number of nitro benzene ring substituents is 1. The molecule has 1 aliphatic heterocycles. The third-order valence-electron chi connectivity index (χ3n) is 4.30. The fourth-order valence-electron chi connectivity index (χ4n) is 2.77. The SMILES string of the molecule is O=C(O)C(=O)O.O=C(c1ccc([N+](=O)[O-])cc1)N1CCN(Cc2cccnc2)CC1. The van der Waals surface area contributed by atoms with E-state index in [4.69, 9.17) is 19.8 Å². The highest BCUT2D eigenvalue weighted by molar-refractivity contribution is 6.27. The predicted molar refractivity (Wildman–Crippen MR) is 104 cm³/mol. The molecule has 1 aromatic carbocycles. The maximum Gasteiger partial charge on any atom is 0.414 e. The molecular formula is C19H20N4O7. The Labute approximate surface area is 171 Å². The van der Waals surface area contributed by atoms with E-state index in [-0.39, 0.29) is 11.6 Å². The van der Waals surface area contributed by atoms with Crippen molar-refractivity contribution in [1.29, 1.82) is 0 Å². The van der Waals surface area contributed by atoms with Crippen LogP contribution in [0.2, 0.25) is 0 Å². The van der Waals surface area contributed by atoms with Gasteiger partial charge < -0.3 is 15.1 Å². The van der Waals surface area contributed by atoms with Crippen LogP contribution in [-0.2, 0) is 16.1 Å². The number of pyridine rings is 1. The zero-order valence-corrected chi connectivity index (χ0v) is 15.9. The third kappa shape index (κ3) is 6.63. The maximum atomic E-state index is 12.5. The number of non-ortho nitro benzene ring substituents is 1. The van der Waals surface area contributed by atoms with Gasteiger partial charge in [-0.1, -0.05) is 6.07 Å². The highest BCUT2D eigenvalue weighted by Gasteiger charge is 2.22. The first-order valence-corrected chi connectivity index (χ1v) is 8.89. The second kappa shape index (κ2) is 10.6. The van der Waals surface area contributed by atoms with Crippen LogP contribution in [0.3, 0.4) is 0 Å². The number of nitrogens with zero attached hydrogens (tertiary/aromatic N) is 4. The van der Waals surface area contributed by atoms with Crippen molar-refractivity contribution in [3.63, 3.8) is 0 Å². The molecule has 0 aliphatic carbocycles. The zero-order valence-electron chi connectivity index (χ0n) is 15.9. The van der Waals surface area contributed by atoms with Gasteiger partial charge in [-0.3, -0.25) is 24.8 Å². The van der Waals surface area contributed by atoms with E-state index in [0.29, 0.717) is 18.7 Å². The van der Waals surface area contributed by atoms with E-state index in [0.717, 1.165) is 25.2 Å². The Kier molecular flexibility index (Phi) is 7.94. The molecular weight excluding hydrogens is 396 g/mol. The average molecular weight is 416 g/mol. The molecule has 1 aromatic heterocycles. The van der Waals surface area contributed by atoms with Crippen molar-refractivity contribution < 1.29 is 29.5 Å². The van der Waals surface area contributed by atoms with Crippen molar-refractivity contribution in [3.8, 4) is 0 Å². The molecule has 0 bridgehead atoms. The lowest BCUT2D eigenvalue weighted by Gasteiger charge is -2.34. The number of amides is 1. The maximum absolute atomic E-state index is 12.5. The van der Waals surface area contributed by atoms with E-state index in [1.807, 2.05) is 18.3 Å². The van der Waals surface area contributed by atoms with Crippen molar-refractivity contribution in [1.82, 2.24) is 14.8 Å². The fourth-order valence-corrected chi connectivity index (χ4v) is 2.77. The van der Waals surface area contributed by atoms with E-state index >= 15 is 0 Å². The van der Waals surface area contributed by atoms with Gasteiger partial charge in [-0.15, -0.1) is 0 Å². The monoisotopic (exact) mass is 416 g/mol. The number of nitro groups is 1. The number of benzene rings is 1. The molecule has 2 heterocycles. The van der Waals surface area contributed by atoms with Gasteiger partial charge in [0.15, 0.2) is 0 Å². The topological polar surface area (TPSA) is 154 Å². The number of hydrogen-bond donors (Lipinski definition) is 2. The first kappa shape index (κ1) is 22.4. The highest BCUT2D eigenvalue weighted by atomic mass is 16.6. The van der Waals surface area contributed by atoms with E-state index in [1.165, 1.54) is 24.3 Å². The summed E-state index contributed by atoms with van der Waals surface area (Å²) >= 11 is 0. The van der Waals surface area contributed by atoms with E-state index in [1.54, 1.807) is 11.1 Å². The molecule has 0 radical (unpaired) electrons. The van der Waals surface area contributed by atoms with Crippen LogP contribution in [0, 0.1) is 10.1 Å². The lowest BCUT2D eigenvalue weighted by Crippen LogP contribution is -2.48. The summed E-state index contributed by atoms with van der Waals surface area (Å²) in [5.41, 5.74) is 1.64. The molecule has 1 fully saturated rings. The Hall–Kier alpha value is -3.86. The number of carbonyl (C=O) groups excluding carboxylic acids is 1. The van der Waals surface area contributed by atoms with Gasteiger partial charge in [-0.05, 0) is 23.8 Å². The molecule has 30 heavy (non-hydrogen) atoms. The Morgan fingerprint density at radius 2 is 1.60 bits per heavy atom. The zero-order chi connectivity index (χ0) is 22.1. The molecule has 2 aromatic rings. The van der Waals surface area contributed by atoms with Crippen molar-refractivity contribution in [3.05, 3.63) is 70.0 Å². The van der Waals surface area contributed by atoms with Gasteiger partial charge >= 0.3 is 11.9 Å². The Bertz CT molecular complexity index is 883. The summed E-state index contributed by atoms with van der Waals surface area (Å²) in [5.74, 6) is -3.73. The molecule has 158 valence electrons. The molecule has 0 unspecified atom stereocenters. The van der Waals surface area contributed by atoms with Crippen molar-refractivity contribution >= 4 is 23.5 Å². The summed E-state index contributed by atoms with van der Waals surface area (Å²) in [7, 11) is 0. The van der Waals surface area contributed by atoms with Gasteiger partial charge in [0.05, 0.1) is 4.92 Å². The molecule has 0 atom stereocenters. The van der Waals surface area contributed by atoms with Gasteiger partial charge in [0.2, 0.25) is 0 Å². The predicted octanol–water partition coefficient (Wildman–Crippen LogP) is 1.10. The molecule has 0 spiro atoms. The third-order valence-corrected chi connectivity index (χ3v) is 4.30. The lowest BCUT2D eigenvalue weighted by molar-refractivity contribution is -0.384. The smallest absolute Gasteiger partial charge is 0.414 e. The van der Waals surface area contributed by atoms with Crippen LogP contribution in [0.15, 0.2) is 48.8 Å². The summed E-state index contributed by atoms with van der Waals surface area (Å²) < 4.78 is 0. The van der Waals surface area contributed by atoms with E-state index < -0.39 is 16.9 Å². The number of hydrogen-bond acceptors (Lipinski definition) is 7. The quantitative estimate of drug-likeness (QED) is 0.423. The van der Waals surface area contributed by atoms with Gasteiger partial charge in [0.25, 0.3) is 11.6 Å². The van der Waals surface area contributed by atoms with Crippen molar-refractivity contribution in [2.45, 2.75) is 6.54 Å². The minimum Gasteiger partial charge on any atom is -0.473 e. The molecule has 3 rings (SSSR count). The summed E-state index contributed by atoms with van der Waals surface area (Å²) in [6.45, 7) is 3.72. The first-order chi connectivity index (χ1) is 14.3. The molecule has 11 heteroatoms. The summed E-state index contributed by atoms with van der Waals surface area (Å²) in [5, 5.41) is 25.5. The molecule has 1 amide bonds. The van der Waals surface area contributed by atoms with Gasteiger partial charge in [0.1, 0.15) is 0 Å². The number of rotatable bonds is 4. The van der Waals surface area contributed by atoms with E-state index in [2.05, 4.69) is 9.88 Å². The van der Waals surface area contributed by atoms with Crippen LogP contribution in [0.1, 0.15) is 15.9 Å². The number of carboxylic acid groups (broad SMARTS) is 2. The fraction of sp³-hybridized carbons (Fsp3) is 0.263. The average Bonchev–Trinajstić information content (AvgIpc) is 2.75. The van der Waals surface area contributed by atoms with Crippen molar-refractivity contribution in [2.24, 2.45) is 0 Å². The molecule has 1 saturated heterocycles. The second-order valence-electron chi connectivity index (χ2n) is 6.34.